The van der Waals surface area contributed by atoms with Crippen LogP contribution in [0.3, 0.4) is 0 Å². The largest absolute Gasteiger partial charge is 0.497 e. The first-order valence-electron chi connectivity index (χ1n) is 10.3. The molecule has 144 valence electrons. The van der Waals surface area contributed by atoms with Gasteiger partial charge in [0.15, 0.2) is 0 Å². The highest BCUT2D eigenvalue weighted by molar-refractivity contribution is 5.85. The van der Waals surface area contributed by atoms with Crippen LogP contribution in [-0.4, -0.2) is 36.6 Å². The van der Waals surface area contributed by atoms with Crippen molar-refractivity contribution < 1.29 is 4.74 Å². The molecule has 0 amide bonds. The Morgan fingerprint density at radius 2 is 2.14 bits per heavy atom. The van der Waals surface area contributed by atoms with Crippen molar-refractivity contribution in [3.05, 3.63) is 78.0 Å². The van der Waals surface area contributed by atoms with Crippen molar-refractivity contribution in [3.63, 3.8) is 0 Å². The number of benzene rings is 2. The van der Waals surface area contributed by atoms with Gasteiger partial charge in [-0.25, -0.2) is 0 Å². The van der Waals surface area contributed by atoms with Gasteiger partial charge in [-0.3, -0.25) is 4.90 Å². The molecule has 3 nitrogen and oxygen atoms in total. The highest BCUT2D eigenvalue weighted by atomic mass is 16.5. The van der Waals surface area contributed by atoms with E-state index in [4.69, 9.17) is 4.74 Å². The third-order valence-electron chi connectivity index (χ3n) is 7.01. The number of methoxy groups -OCH3 is 1. The second kappa shape index (κ2) is 6.82. The number of rotatable bonds is 4. The van der Waals surface area contributed by atoms with E-state index >= 15 is 0 Å². The Kier molecular flexibility index (Phi) is 4.28. The van der Waals surface area contributed by atoms with Crippen LogP contribution in [0, 0.1) is 5.92 Å². The third-order valence-corrected chi connectivity index (χ3v) is 7.01. The number of ether oxygens (including phenoxy) is 1. The van der Waals surface area contributed by atoms with Crippen LogP contribution in [0.5, 0.6) is 5.75 Å². The molecule has 0 spiro atoms. The van der Waals surface area contributed by atoms with Gasteiger partial charge in [0.25, 0.3) is 0 Å². The smallest absolute Gasteiger partial charge is 0.119 e. The molecule has 1 aromatic heterocycles. The summed E-state index contributed by atoms with van der Waals surface area (Å²) in [4.78, 5) is 6.31. The number of H-pyrrole nitrogens is 1. The van der Waals surface area contributed by atoms with Gasteiger partial charge in [-0.05, 0) is 61.1 Å². The van der Waals surface area contributed by atoms with Crippen LogP contribution < -0.4 is 4.74 Å². The number of fused-ring (bicyclic) bond motifs is 4. The highest BCUT2D eigenvalue weighted by Crippen LogP contribution is 2.49. The predicted octanol–water partition coefficient (Wildman–Crippen LogP) is 4.72. The summed E-state index contributed by atoms with van der Waals surface area (Å²) in [5, 5.41) is 1.40. The topological polar surface area (TPSA) is 28.3 Å². The Labute approximate surface area is 167 Å². The first kappa shape index (κ1) is 17.6. The summed E-state index contributed by atoms with van der Waals surface area (Å²) in [5.41, 5.74) is 5.83. The number of aromatic nitrogens is 1. The van der Waals surface area contributed by atoms with Crippen molar-refractivity contribution in [1.82, 2.24) is 9.88 Å². The van der Waals surface area contributed by atoms with E-state index in [2.05, 4.69) is 65.0 Å². The zero-order valence-corrected chi connectivity index (χ0v) is 16.6. The lowest BCUT2D eigenvalue weighted by Crippen LogP contribution is -2.53. The van der Waals surface area contributed by atoms with Crippen LogP contribution in [0.4, 0.5) is 0 Å². The second-order valence-electron chi connectivity index (χ2n) is 8.39. The number of aromatic amines is 1. The summed E-state index contributed by atoms with van der Waals surface area (Å²) in [6.45, 7) is 7.19. The van der Waals surface area contributed by atoms with E-state index in [1.54, 1.807) is 7.11 Å². The predicted molar refractivity (Wildman–Crippen MR) is 115 cm³/mol. The first-order valence-corrected chi connectivity index (χ1v) is 10.3. The van der Waals surface area contributed by atoms with Gasteiger partial charge >= 0.3 is 0 Å². The fourth-order valence-corrected chi connectivity index (χ4v) is 5.60. The minimum absolute atomic E-state index is 0.167. The summed E-state index contributed by atoms with van der Waals surface area (Å²) >= 11 is 0. The van der Waals surface area contributed by atoms with Crippen molar-refractivity contribution in [2.24, 2.45) is 5.92 Å². The van der Waals surface area contributed by atoms with Crippen molar-refractivity contribution in [3.8, 4) is 5.75 Å². The lowest BCUT2D eigenvalue weighted by Gasteiger charge is -2.51. The molecule has 0 radical (unpaired) electrons. The molecule has 2 heterocycles. The summed E-state index contributed by atoms with van der Waals surface area (Å²) in [6, 6.07) is 17.5. The zero-order chi connectivity index (χ0) is 19.1. The van der Waals surface area contributed by atoms with E-state index < -0.39 is 0 Å². The standard InChI is InChI=1S/C25H28N2O/c1-3-12-27-13-11-25(18-7-6-8-20(14-18)28-2)16-24-22(15-19(25)17-27)21-9-4-5-10-23(21)26-24/h3-10,14,19,26H,1,11-13,15-17H2,2H3/t19?,25-/m1/s1. The van der Waals surface area contributed by atoms with E-state index in [0.717, 1.165) is 38.2 Å². The summed E-state index contributed by atoms with van der Waals surface area (Å²) < 4.78 is 5.57. The van der Waals surface area contributed by atoms with Crippen molar-refractivity contribution in [2.45, 2.75) is 24.7 Å². The number of likely N-dealkylation sites (tertiary alicyclic amines) is 1. The minimum atomic E-state index is 0.167. The van der Waals surface area contributed by atoms with Crippen LogP contribution in [0.2, 0.25) is 0 Å². The molecule has 1 N–H and O–H groups in total. The van der Waals surface area contributed by atoms with E-state index in [1.165, 1.54) is 34.1 Å². The first-order chi connectivity index (χ1) is 13.7. The maximum absolute atomic E-state index is 5.57. The molecule has 1 aliphatic heterocycles. The number of piperidine rings is 1. The zero-order valence-electron chi connectivity index (χ0n) is 16.6. The van der Waals surface area contributed by atoms with Crippen LogP contribution >= 0.6 is 0 Å². The normalized spacial score (nSPS) is 24.5. The molecule has 0 saturated carbocycles. The molecule has 3 aromatic rings. The van der Waals surface area contributed by atoms with Crippen LogP contribution in [0.1, 0.15) is 23.2 Å². The van der Waals surface area contributed by atoms with Gasteiger partial charge in [0, 0.05) is 35.1 Å². The third kappa shape index (κ3) is 2.68. The molecule has 28 heavy (non-hydrogen) atoms. The Balaban J connectivity index is 1.63. The maximum Gasteiger partial charge on any atom is 0.119 e. The lowest BCUT2D eigenvalue weighted by atomic mass is 9.58. The average Bonchev–Trinajstić information content (AvgIpc) is 3.09. The molecule has 1 saturated heterocycles. The molecule has 1 unspecified atom stereocenters. The number of nitrogens with one attached hydrogen (secondary N) is 1. The molecule has 5 rings (SSSR count). The number of hydrogen-bond donors (Lipinski definition) is 1. The van der Waals surface area contributed by atoms with E-state index in [0.29, 0.717) is 5.92 Å². The van der Waals surface area contributed by atoms with E-state index in [-0.39, 0.29) is 5.41 Å². The fraction of sp³-hybridized carbons (Fsp3) is 0.360. The molecule has 1 aliphatic carbocycles. The van der Waals surface area contributed by atoms with Crippen molar-refractivity contribution in [1.29, 1.82) is 0 Å². The molecule has 2 atom stereocenters. The highest BCUT2D eigenvalue weighted by Gasteiger charge is 2.47. The van der Waals surface area contributed by atoms with Gasteiger partial charge in [-0.1, -0.05) is 36.4 Å². The van der Waals surface area contributed by atoms with Gasteiger partial charge in [0.05, 0.1) is 7.11 Å². The second-order valence-corrected chi connectivity index (χ2v) is 8.39. The van der Waals surface area contributed by atoms with Gasteiger partial charge in [-0.2, -0.15) is 0 Å². The summed E-state index contributed by atoms with van der Waals surface area (Å²) in [5.74, 6) is 1.56. The van der Waals surface area contributed by atoms with Crippen molar-refractivity contribution >= 4 is 10.9 Å². The fourth-order valence-electron chi connectivity index (χ4n) is 5.60. The number of nitrogens with zero attached hydrogens (tertiary/aromatic N) is 1. The monoisotopic (exact) mass is 372 g/mol. The quantitative estimate of drug-likeness (QED) is 0.671. The molecule has 2 aliphatic rings. The van der Waals surface area contributed by atoms with Gasteiger partial charge in [-0.15, -0.1) is 6.58 Å². The molecule has 2 aromatic carbocycles. The molecular formula is C25H28N2O. The Hall–Kier alpha value is -2.52. The molecule has 3 heteroatoms. The summed E-state index contributed by atoms with van der Waals surface area (Å²) in [7, 11) is 1.76. The average molecular weight is 373 g/mol. The molecule has 0 bridgehead atoms. The Bertz CT molecular complexity index is 1020. The van der Waals surface area contributed by atoms with Gasteiger partial charge in [0.2, 0.25) is 0 Å². The van der Waals surface area contributed by atoms with Crippen molar-refractivity contribution in [2.75, 3.05) is 26.7 Å². The van der Waals surface area contributed by atoms with Crippen LogP contribution in [0.15, 0.2) is 61.2 Å². The van der Waals surface area contributed by atoms with Gasteiger partial charge in [0.1, 0.15) is 5.75 Å². The number of para-hydroxylation sites is 1. The van der Waals surface area contributed by atoms with Crippen LogP contribution in [0.25, 0.3) is 10.9 Å². The lowest BCUT2D eigenvalue weighted by molar-refractivity contribution is 0.0896. The molecule has 1 fully saturated rings. The van der Waals surface area contributed by atoms with E-state index in [1.807, 2.05) is 6.08 Å². The summed E-state index contributed by atoms with van der Waals surface area (Å²) in [6.07, 6.45) is 5.42. The van der Waals surface area contributed by atoms with Crippen LogP contribution in [-0.2, 0) is 18.3 Å². The SMILES string of the molecule is C=CCN1CC[C@]2(c3cccc(OC)c3)Cc3[nH]c4ccccc4c3CC2C1. The Morgan fingerprint density at radius 3 is 3.00 bits per heavy atom. The molecular weight excluding hydrogens is 344 g/mol. The van der Waals surface area contributed by atoms with Gasteiger partial charge < -0.3 is 9.72 Å². The maximum atomic E-state index is 5.57. The van der Waals surface area contributed by atoms with E-state index in [9.17, 15) is 0 Å². The number of hydrogen-bond acceptors (Lipinski definition) is 2. The Morgan fingerprint density at radius 1 is 1.25 bits per heavy atom. The minimum Gasteiger partial charge on any atom is -0.497 e.